The van der Waals surface area contributed by atoms with E-state index in [9.17, 15) is 15.0 Å². The summed E-state index contributed by atoms with van der Waals surface area (Å²) in [5, 5.41) is 24.1. The third-order valence-corrected chi connectivity index (χ3v) is 4.54. The second-order valence-electron chi connectivity index (χ2n) is 6.01. The van der Waals surface area contributed by atoms with Crippen molar-refractivity contribution in [2.75, 3.05) is 7.05 Å². The number of hydrogen-bond donors (Lipinski definition) is 3. The first kappa shape index (κ1) is 19.7. The lowest BCUT2D eigenvalue weighted by Gasteiger charge is -2.25. The van der Waals surface area contributed by atoms with E-state index in [4.69, 9.17) is 27.9 Å². The van der Waals surface area contributed by atoms with E-state index in [-0.39, 0.29) is 18.2 Å². The Morgan fingerprint density at radius 1 is 1.15 bits per heavy atom. The quantitative estimate of drug-likeness (QED) is 0.708. The average molecular weight is 409 g/mol. The number of carbonyl (C=O) groups is 1. The number of benzene rings is 2. The van der Waals surface area contributed by atoms with E-state index >= 15 is 0 Å². The minimum atomic E-state index is -1.14. The summed E-state index contributed by atoms with van der Waals surface area (Å²) in [5.74, 6) is 0.366. The highest BCUT2D eigenvalue weighted by Crippen LogP contribution is 2.30. The summed E-state index contributed by atoms with van der Waals surface area (Å²) in [4.78, 5) is 13.0. The molecule has 0 spiro atoms. The average Bonchev–Trinajstić information content (AvgIpc) is 2.88. The minimum Gasteiger partial charge on any atom is -0.458 e. The van der Waals surface area contributed by atoms with Crippen molar-refractivity contribution in [1.29, 1.82) is 0 Å². The molecule has 2 unspecified atom stereocenters. The molecule has 0 radical (unpaired) electrons. The number of hydrogen-bond acceptors (Lipinski definition) is 5. The van der Waals surface area contributed by atoms with Crippen LogP contribution in [0.15, 0.2) is 54.3 Å². The molecule has 1 heterocycles. The molecule has 1 aliphatic heterocycles. The van der Waals surface area contributed by atoms with E-state index in [1.807, 2.05) is 0 Å². The Labute approximate surface area is 166 Å². The molecule has 0 aromatic heterocycles. The first-order valence-electron chi connectivity index (χ1n) is 8.16. The van der Waals surface area contributed by atoms with Crippen LogP contribution in [-0.4, -0.2) is 40.5 Å². The number of nitrogens with one attached hydrogen (secondary N) is 1. The predicted molar refractivity (Wildman–Crippen MR) is 103 cm³/mol. The summed E-state index contributed by atoms with van der Waals surface area (Å²) in [7, 11) is 1.56. The van der Waals surface area contributed by atoms with Gasteiger partial charge in [-0.05, 0) is 35.9 Å². The van der Waals surface area contributed by atoms with Crippen LogP contribution in [0.25, 0.3) is 0 Å². The van der Waals surface area contributed by atoms with Crippen molar-refractivity contribution >= 4 is 29.1 Å². The summed E-state index contributed by atoms with van der Waals surface area (Å²) < 4.78 is 5.64. The topological polar surface area (TPSA) is 82.0 Å². The van der Waals surface area contributed by atoms with Crippen LogP contribution in [0.4, 0.5) is 0 Å². The fourth-order valence-electron chi connectivity index (χ4n) is 2.74. The third-order valence-electron chi connectivity index (χ3n) is 4.10. The maximum absolute atomic E-state index is 11.6. The van der Waals surface area contributed by atoms with Crippen molar-refractivity contribution in [1.82, 2.24) is 10.2 Å². The van der Waals surface area contributed by atoms with Crippen LogP contribution in [0, 0.1) is 0 Å². The van der Waals surface area contributed by atoms with Crippen LogP contribution in [0.5, 0.6) is 5.75 Å². The third kappa shape index (κ3) is 4.61. The van der Waals surface area contributed by atoms with Crippen LogP contribution in [0.2, 0.25) is 10.0 Å². The Bertz CT molecular complexity index is 850. The number of carbonyl (C=O) groups excluding carboxylic acids is 1. The lowest BCUT2D eigenvalue weighted by atomic mass is 10.1. The Kier molecular flexibility index (Phi) is 6.04. The Hall–Kier alpha value is -2.09. The molecule has 0 bridgehead atoms. The summed E-state index contributed by atoms with van der Waals surface area (Å²) >= 11 is 11.9. The molecule has 8 heteroatoms. The van der Waals surface area contributed by atoms with Gasteiger partial charge in [-0.25, -0.2) is 4.90 Å². The summed E-state index contributed by atoms with van der Waals surface area (Å²) in [6.45, 7) is 0.260. The molecule has 0 saturated carbocycles. The number of aliphatic hydroxyl groups excluding tert-OH is 2. The van der Waals surface area contributed by atoms with Gasteiger partial charge in [0.25, 0.3) is 5.91 Å². The molecule has 2 atom stereocenters. The van der Waals surface area contributed by atoms with Crippen LogP contribution in [0.3, 0.4) is 0 Å². The van der Waals surface area contributed by atoms with E-state index in [2.05, 4.69) is 5.32 Å². The zero-order chi connectivity index (χ0) is 19.6. The Balaban J connectivity index is 1.69. The summed E-state index contributed by atoms with van der Waals surface area (Å²) in [6.07, 6.45) is -0.752. The molecule has 0 saturated heterocycles. The van der Waals surface area contributed by atoms with Gasteiger partial charge in [0.2, 0.25) is 0 Å². The van der Waals surface area contributed by atoms with Gasteiger partial charge in [-0.15, -0.1) is 0 Å². The number of aliphatic hydroxyl groups is 2. The van der Waals surface area contributed by atoms with Gasteiger partial charge >= 0.3 is 0 Å². The van der Waals surface area contributed by atoms with Crippen molar-refractivity contribution in [2.45, 2.75) is 19.0 Å². The molecule has 27 heavy (non-hydrogen) atoms. The Morgan fingerprint density at radius 3 is 2.37 bits per heavy atom. The Morgan fingerprint density at radius 2 is 1.78 bits per heavy atom. The minimum absolute atomic E-state index is 0.180. The summed E-state index contributed by atoms with van der Waals surface area (Å²) in [6, 6.07) is 11.6. The molecule has 2 aromatic rings. The zero-order valence-corrected chi connectivity index (χ0v) is 15.9. The van der Waals surface area contributed by atoms with Gasteiger partial charge in [0.05, 0.1) is 0 Å². The number of nitrogens with zero attached hydrogens (tertiary/aromatic N) is 1. The van der Waals surface area contributed by atoms with E-state index in [0.29, 0.717) is 21.4 Å². The number of ether oxygens (including phenoxy) is 1. The fourth-order valence-corrected chi connectivity index (χ4v) is 3.25. The number of amides is 1. The normalized spacial score (nSPS) is 19.7. The molecular weight excluding hydrogens is 391 g/mol. The molecule has 1 aliphatic rings. The van der Waals surface area contributed by atoms with E-state index in [1.165, 1.54) is 11.0 Å². The lowest BCUT2D eigenvalue weighted by Crippen LogP contribution is -2.37. The van der Waals surface area contributed by atoms with Crippen molar-refractivity contribution < 1.29 is 19.7 Å². The van der Waals surface area contributed by atoms with Crippen LogP contribution < -0.4 is 10.1 Å². The smallest absolute Gasteiger partial charge is 0.251 e. The van der Waals surface area contributed by atoms with Gasteiger partial charge in [0, 0.05) is 35.3 Å². The second kappa shape index (κ2) is 8.29. The highest BCUT2D eigenvalue weighted by atomic mass is 35.5. The fraction of sp³-hybridized carbons (Fsp3) is 0.211. The highest BCUT2D eigenvalue weighted by molar-refractivity contribution is 6.34. The molecule has 142 valence electrons. The van der Waals surface area contributed by atoms with Crippen molar-refractivity contribution in [2.24, 2.45) is 0 Å². The monoisotopic (exact) mass is 408 g/mol. The molecule has 6 nitrogen and oxygen atoms in total. The molecule has 3 N–H and O–H groups in total. The van der Waals surface area contributed by atoms with E-state index in [0.717, 1.165) is 5.56 Å². The molecule has 0 aliphatic carbocycles. The first-order valence-corrected chi connectivity index (χ1v) is 8.91. The second-order valence-corrected chi connectivity index (χ2v) is 6.88. The van der Waals surface area contributed by atoms with E-state index < -0.39 is 12.5 Å². The molecule has 2 aromatic carbocycles. The van der Waals surface area contributed by atoms with Gasteiger partial charge < -0.3 is 20.3 Å². The van der Waals surface area contributed by atoms with Crippen LogP contribution >= 0.6 is 23.2 Å². The van der Waals surface area contributed by atoms with Crippen molar-refractivity contribution in [3.63, 3.8) is 0 Å². The van der Waals surface area contributed by atoms with Crippen molar-refractivity contribution in [3.8, 4) is 5.75 Å². The van der Waals surface area contributed by atoms with Gasteiger partial charge in [-0.3, -0.25) is 4.79 Å². The van der Waals surface area contributed by atoms with E-state index in [1.54, 1.807) is 49.5 Å². The first-order chi connectivity index (χ1) is 12.9. The standard InChI is InChI=1S/C19H18Cl2N2O4/c1-22-18(25)12-4-2-11(3-5-12)10-23-17(24)9-16(19(23)26)27-15-7-13(20)6-14(21)8-15/h2-9,17,19,24,26H,10H2,1H3,(H,22,25). The van der Waals surface area contributed by atoms with Gasteiger partial charge in [-0.2, -0.15) is 0 Å². The van der Waals surface area contributed by atoms with Gasteiger partial charge in [0.15, 0.2) is 6.23 Å². The van der Waals surface area contributed by atoms with Crippen LogP contribution in [0.1, 0.15) is 15.9 Å². The number of rotatable bonds is 5. The predicted octanol–water partition coefficient (Wildman–Crippen LogP) is 2.77. The molecule has 1 amide bonds. The molecular formula is C19H18Cl2N2O4. The molecule has 3 rings (SSSR count). The SMILES string of the molecule is CNC(=O)c1ccc(CN2C(O)C=C(Oc3cc(Cl)cc(Cl)c3)C2O)cc1. The number of halogens is 2. The maximum atomic E-state index is 11.6. The molecule has 0 fully saturated rings. The highest BCUT2D eigenvalue weighted by Gasteiger charge is 2.34. The maximum Gasteiger partial charge on any atom is 0.251 e. The largest absolute Gasteiger partial charge is 0.458 e. The van der Waals surface area contributed by atoms with Crippen LogP contribution in [-0.2, 0) is 6.54 Å². The zero-order valence-electron chi connectivity index (χ0n) is 14.4. The lowest BCUT2D eigenvalue weighted by molar-refractivity contribution is -0.0580. The van der Waals surface area contributed by atoms with Crippen molar-refractivity contribution in [3.05, 3.63) is 75.5 Å². The summed E-state index contributed by atoms with van der Waals surface area (Å²) in [5.41, 5.74) is 1.35. The van der Waals surface area contributed by atoms with Gasteiger partial charge in [-0.1, -0.05) is 35.3 Å². The van der Waals surface area contributed by atoms with Gasteiger partial charge in [0.1, 0.15) is 17.7 Å².